The molecule has 0 saturated carbocycles. The van der Waals surface area contributed by atoms with Crippen LogP contribution in [0.4, 0.5) is 8.78 Å². The van der Waals surface area contributed by atoms with E-state index in [0.717, 1.165) is 49.2 Å². The van der Waals surface area contributed by atoms with Gasteiger partial charge in [0.15, 0.2) is 0 Å². The Bertz CT molecular complexity index is 1230. The molecule has 0 radical (unpaired) electrons. The van der Waals surface area contributed by atoms with E-state index in [-0.39, 0.29) is 4.90 Å². The zero-order valence-electron chi connectivity index (χ0n) is 15.7. The van der Waals surface area contributed by atoms with Crippen molar-refractivity contribution in [2.24, 2.45) is 0 Å². The second kappa shape index (κ2) is 6.78. The number of fused-ring (bicyclic) bond motifs is 2. The summed E-state index contributed by atoms with van der Waals surface area (Å²) in [6.07, 6.45) is 6.82. The van der Waals surface area contributed by atoms with Crippen molar-refractivity contribution in [3.63, 3.8) is 0 Å². The van der Waals surface area contributed by atoms with Gasteiger partial charge in [-0.1, -0.05) is 6.08 Å². The van der Waals surface area contributed by atoms with Gasteiger partial charge < -0.3 is 0 Å². The molecule has 2 aromatic carbocycles. The number of benzene rings is 2. The normalized spacial score (nSPS) is 20.1. The van der Waals surface area contributed by atoms with E-state index in [1.807, 2.05) is 0 Å². The Morgan fingerprint density at radius 3 is 2.55 bits per heavy atom. The predicted molar refractivity (Wildman–Crippen MR) is 108 cm³/mol. The smallest absolute Gasteiger partial charge is 0.268 e. The molecule has 1 fully saturated rings. The summed E-state index contributed by atoms with van der Waals surface area (Å²) in [4.78, 5) is 2.42. The third kappa shape index (κ3) is 3.09. The van der Waals surface area contributed by atoms with Crippen LogP contribution in [-0.4, -0.2) is 36.4 Å². The van der Waals surface area contributed by atoms with Gasteiger partial charge in [-0.3, -0.25) is 4.90 Å². The molecule has 0 amide bonds. The number of hydrogen-bond donors (Lipinski definition) is 0. The number of hydrogen-bond acceptors (Lipinski definition) is 3. The molecule has 0 spiro atoms. The fourth-order valence-electron chi connectivity index (χ4n) is 4.50. The number of aromatic nitrogens is 1. The molecule has 1 atom stereocenters. The Labute approximate surface area is 168 Å². The average molecular weight is 414 g/mol. The molecule has 2 aliphatic heterocycles. The lowest BCUT2D eigenvalue weighted by atomic mass is 9.94. The third-order valence-electron chi connectivity index (χ3n) is 5.98. The van der Waals surface area contributed by atoms with E-state index in [2.05, 4.69) is 11.0 Å². The SMILES string of the molecule is O=S(=O)(c1ccc(F)cc1)n1cc(C2=CCN3CCCC3C2)c2cc(F)ccc21. The molecule has 3 heterocycles. The van der Waals surface area contributed by atoms with Gasteiger partial charge in [-0.25, -0.2) is 21.2 Å². The van der Waals surface area contributed by atoms with E-state index in [4.69, 9.17) is 0 Å². The number of halogens is 2. The van der Waals surface area contributed by atoms with Crippen molar-refractivity contribution in [2.45, 2.75) is 30.2 Å². The Morgan fingerprint density at radius 2 is 1.76 bits per heavy atom. The molecular weight excluding hydrogens is 394 g/mol. The molecule has 4 nitrogen and oxygen atoms in total. The molecular formula is C22H20F2N2O2S. The highest BCUT2D eigenvalue weighted by Crippen LogP contribution is 2.37. The molecule has 5 rings (SSSR count). The maximum Gasteiger partial charge on any atom is 0.268 e. The fraction of sp³-hybridized carbons (Fsp3) is 0.273. The monoisotopic (exact) mass is 414 g/mol. The molecule has 1 unspecified atom stereocenters. The van der Waals surface area contributed by atoms with Crippen molar-refractivity contribution in [3.8, 4) is 0 Å². The lowest BCUT2D eigenvalue weighted by Crippen LogP contribution is -2.32. The zero-order valence-corrected chi connectivity index (χ0v) is 16.5. The maximum atomic E-state index is 14.0. The number of rotatable bonds is 3. The standard InChI is InChI=1S/C22H20F2N2O2S/c23-16-3-6-19(7-4-16)29(27,28)26-14-21(20-13-17(24)5-8-22(20)26)15-9-11-25-10-1-2-18(25)12-15/h3-9,13-14,18H,1-2,10-12H2. The first-order valence-corrected chi connectivity index (χ1v) is 11.1. The first-order valence-electron chi connectivity index (χ1n) is 9.69. The molecule has 2 aliphatic rings. The minimum Gasteiger partial charge on any atom is -0.296 e. The van der Waals surface area contributed by atoms with Crippen molar-refractivity contribution in [1.29, 1.82) is 0 Å². The Kier molecular flexibility index (Phi) is 4.33. The quantitative estimate of drug-likeness (QED) is 0.638. The van der Waals surface area contributed by atoms with E-state index in [1.165, 1.54) is 40.7 Å². The van der Waals surface area contributed by atoms with Crippen LogP contribution in [0.25, 0.3) is 16.5 Å². The van der Waals surface area contributed by atoms with Gasteiger partial charge in [0.2, 0.25) is 0 Å². The van der Waals surface area contributed by atoms with Crippen LogP contribution in [0.15, 0.2) is 59.6 Å². The molecule has 3 aromatic rings. The first kappa shape index (κ1) is 18.5. The number of nitrogens with zero attached hydrogens (tertiary/aromatic N) is 2. The van der Waals surface area contributed by atoms with E-state index in [0.29, 0.717) is 16.9 Å². The third-order valence-corrected chi connectivity index (χ3v) is 7.66. The van der Waals surface area contributed by atoms with Crippen molar-refractivity contribution in [2.75, 3.05) is 13.1 Å². The summed E-state index contributed by atoms with van der Waals surface area (Å²) in [5.41, 5.74) is 2.22. The van der Waals surface area contributed by atoms with Gasteiger partial charge in [-0.15, -0.1) is 0 Å². The Morgan fingerprint density at radius 1 is 1.00 bits per heavy atom. The van der Waals surface area contributed by atoms with Crippen molar-refractivity contribution < 1.29 is 17.2 Å². The molecule has 1 aromatic heterocycles. The van der Waals surface area contributed by atoms with Crippen LogP contribution in [0.1, 0.15) is 24.8 Å². The molecule has 1 saturated heterocycles. The highest BCUT2D eigenvalue weighted by atomic mass is 32.2. The highest BCUT2D eigenvalue weighted by molar-refractivity contribution is 7.90. The Hall–Kier alpha value is -2.51. The van der Waals surface area contributed by atoms with Crippen LogP contribution in [0, 0.1) is 11.6 Å². The Balaban J connectivity index is 1.67. The van der Waals surface area contributed by atoms with Crippen LogP contribution >= 0.6 is 0 Å². The van der Waals surface area contributed by atoms with Crippen LogP contribution in [0.3, 0.4) is 0 Å². The second-order valence-corrected chi connectivity index (χ2v) is 9.50. The van der Waals surface area contributed by atoms with Crippen LogP contribution in [0.2, 0.25) is 0 Å². The van der Waals surface area contributed by atoms with Crippen molar-refractivity contribution in [3.05, 3.63) is 71.9 Å². The zero-order chi connectivity index (χ0) is 20.2. The minimum atomic E-state index is -3.94. The van der Waals surface area contributed by atoms with E-state index < -0.39 is 21.7 Å². The van der Waals surface area contributed by atoms with Gasteiger partial charge in [-0.05, 0) is 73.8 Å². The summed E-state index contributed by atoms with van der Waals surface area (Å²) in [6, 6.07) is 9.33. The van der Waals surface area contributed by atoms with Gasteiger partial charge in [0.05, 0.1) is 10.4 Å². The highest BCUT2D eigenvalue weighted by Gasteiger charge is 2.30. The first-order chi connectivity index (χ1) is 13.9. The maximum absolute atomic E-state index is 14.0. The van der Waals surface area contributed by atoms with Crippen molar-refractivity contribution >= 4 is 26.5 Å². The van der Waals surface area contributed by atoms with Crippen molar-refractivity contribution in [1.82, 2.24) is 8.87 Å². The van der Waals surface area contributed by atoms with Gasteiger partial charge in [0.1, 0.15) is 11.6 Å². The molecule has 0 bridgehead atoms. The van der Waals surface area contributed by atoms with E-state index in [1.54, 1.807) is 6.20 Å². The summed E-state index contributed by atoms with van der Waals surface area (Å²) in [5, 5.41) is 0.577. The van der Waals surface area contributed by atoms with Crippen LogP contribution in [-0.2, 0) is 10.0 Å². The van der Waals surface area contributed by atoms with E-state index >= 15 is 0 Å². The molecule has 29 heavy (non-hydrogen) atoms. The fourth-order valence-corrected chi connectivity index (χ4v) is 5.87. The van der Waals surface area contributed by atoms with Gasteiger partial charge >= 0.3 is 0 Å². The van der Waals surface area contributed by atoms with Crippen LogP contribution < -0.4 is 0 Å². The summed E-state index contributed by atoms with van der Waals surface area (Å²) < 4.78 is 55.0. The lowest BCUT2D eigenvalue weighted by Gasteiger charge is -2.29. The van der Waals surface area contributed by atoms with Gasteiger partial charge in [-0.2, -0.15) is 0 Å². The average Bonchev–Trinajstić information content (AvgIpc) is 3.32. The summed E-state index contributed by atoms with van der Waals surface area (Å²) in [6.45, 7) is 1.91. The van der Waals surface area contributed by atoms with Gasteiger partial charge in [0.25, 0.3) is 10.0 Å². The second-order valence-electron chi connectivity index (χ2n) is 7.68. The predicted octanol–water partition coefficient (Wildman–Crippen LogP) is 4.41. The van der Waals surface area contributed by atoms with E-state index in [9.17, 15) is 17.2 Å². The van der Waals surface area contributed by atoms with Crippen LogP contribution in [0.5, 0.6) is 0 Å². The molecule has 150 valence electrons. The molecule has 0 aliphatic carbocycles. The molecule has 0 N–H and O–H groups in total. The summed E-state index contributed by atoms with van der Waals surface area (Å²) in [5.74, 6) is -0.910. The van der Waals surface area contributed by atoms with Gasteiger partial charge in [0, 0.05) is 29.7 Å². The topological polar surface area (TPSA) is 42.3 Å². The lowest BCUT2D eigenvalue weighted by molar-refractivity contribution is 0.275. The summed E-state index contributed by atoms with van der Waals surface area (Å²) in [7, 11) is -3.94. The molecule has 7 heteroatoms. The minimum absolute atomic E-state index is 0.00809. The summed E-state index contributed by atoms with van der Waals surface area (Å²) >= 11 is 0. The largest absolute Gasteiger partial charge is 0.296 e.